The second kappa shape index (κ2) is 6.97. The molecule has 7 nitrogen and oxygen atoms in total. The molecule has 2 fully saturated rings. The van der Waals surface area contributed by atoms with E-state index in [1.807, 2.05) is 30.3 Å². The molecule has 0 aromatic heterocycles. The highest BCUT2D eigenvalue weighted by molar-refractivity contribution is 5.85. The first-order valence-corrected chi connectivity index (χ1v) is 8.66. The molecule has 0 N–H and O–H groups in total. The van der Waals surface area contributed by atoms with Crippen molar-refractivity contribution in [1.82, 2.24) is 4.90 Å². The van der Waals surface area contributed by atoms with Crippen LogP contribution in [0.15, 0.2) is 30.3 Å². The SMILES string of the molecule is CC(C)(C)OC(=O)[C@@H]1C[C@H]2OC(=O)C[C@H]2N1C(=O)OCc1ccccc1. The largest absolute Gasteiger partial charge is 0.460 e. The molecule has 0 unspecified atom stereocenters. The molecule has 1 amide bonds. The van der Waals surface area contributed by atoms with E-state index in [1.54, 1.807) is 20.8 Å². The number of likely N-dealkylation sites (tertiary alicyclic amines) is 1. The molecule has 0 radical (unpaired) electrons. The van der Waals surface area contributed by atoms with E-state index in [4.69, 9.17) is 14.2 Å². The van der Waals surface area contributed by atoms with Crippen LogP contribution in [-0.4, -0.2) is 46.7 Å². The number of rotatable bonds is 3. The molecule has 2 aliphatic rings. The van der Waals surface area contributed by atoms with Gasteiger partial charge in [-0.3, -0.25) is 9.69 Å². The lowest BCUT2D eigenvalue weighted by Gasteiger charge is -2.29. The summed E-state index contributed by atoms with van der Waals surface area (Å²) in [6.07, 6.45) is -0.851. The zero-order valence-corrected chi connectivity index (χ0v) is 15.1. The van der Waals surface area contributed by atoms with E-state index in [0.29, 0.717) is 0 Å². The van der Waals surface area contributed by atoms with Gasteiger partial charge in [0.15, 0.2) is 0 Å². The van der Waals surface area contributed by atoms with Crippen LogP contribution in [0.2, 0.25) is 0 Å². The molecule has 26 heavy (non-hydrogen) atoms. The predicted molar refractivity (Wildman–Crippen MR) is 91.0 cm³/mol. The van der Waals surface area contributed by atoms with E-state index in [9.17, 15) is 14.4 Å². The number of fused-ring (bicyclic) bond motifs is 1. The minimum Gasteiger partial charge on any atom is -0.460 e. The molecule has 0 spiro atoms. The van der Waals surface area contributed by atoms with Gasteiger partial charge in [0.2, 0.25) is 0 Å². The first-order valence-electron chi connectivity index (χ1n) is 8.66. The molecule has 1 aromatic carbocycles. The average molecular weight is 361 g/mol. The molecule has 0 aliphatic carbocycles. The third-order valence-electron chi connectivity index (χ3n) is 4.33. The van der Waals surface area contributed by atoms with Gasteiger partial charge < -0.3 is 14.2 Å². The highest BCUT2D eigenvalue weighted by Crippen LogP contribution is 2.36. The van der Waals surface area contributed by atoms with Crippen molar-refractivity contribution >= 4 is 18.0 Å². The molecule has 0 bridgehead atoms. The summed E-state index contributed by atoms with van der Waals surface area (Å²) in [4.78, 5) is 38.1. The fraction of sp³-hybridized carbons (Fsp3) is 0.526. The van der Waals surface area contributed by atoms with Gasteiger partial charge in [-0.05, 0) is 26.3 Å². The Kier molecular flexibility index (Phi) is 4.89. The summed E-state index contributed by atoms with van der Waals surface area (Å²) < 4.78 is 16.0. The molecule has 3 atom stereocenters. The van der Waals surface area contributed by atoms with E-state index in [2.05, 4.69) is 0 Å². The number of carbonyl (C=O) groups is 3. The van der Waals surface area contributed by atoms with Crippen LogP contribution in [0.3, 0.4) is 0 Å². The summed E-state index contributed by atoms with van der Waals surface area (Å²) >= 11 is 0. The highest BCUT2D eigenvalue weighted by atomic mass is 16.6. The van der Waals surface area contributed by atoms with Crippen molar-refractivity contribution in [3.05, 3.63) is 35.9 Å². The van der Waals surface area contributed by atoms with Crippen LogP contribution in [0.1, 0.15) is 39.2 Å². The van der Waals surface area contributed by atoms with Crippen molar-refractivity contribution in [3.8, 4) is 0 Å². The number of nitrogens with zero attached hydrogens (tertiary/aromatic N) is 1. The Bertz CT molecular complexity index is 696. The Morgan fingerprint density at radius 1 is 1.23 bits per heavy atom. The van der Waals surface area contributed by atoms with Crippen LogP contribution in [0.5, 0.6) is 0 Å². The van der Waals surface area contributed by atoms with Gasteiger partial charge in [-0.2, -0.15) is 0 Å². The molecule has 2 saturated heterocycles. The smallest absolute Gasteiger partial charge is 0.411 e. The monoisotopic (exact) mass is 361 g/mol. The van der Waals surface area contributed by atoms with Crippen molar-refractivity contribution in [2.24, 2.45) is 0 Å². The number of hydrogen-bond acceptors (Lipinski definition) is 6. The summed E-state index contributed by atoms with van der Waals surface area (Å²) in [7, 11) is 0. The Morgan fingerprint density at radius 2 is 1.92 bits per heavy atom. The molecule has 7 heteroatoms. The number of ether oxygens (including phenoxy) is 3. The van der Waals surface area contributed by atoms with E-state index in [0.717, 1.165) is 5.56 Å². The molecule has 2 aliphatic heterocycles. The van der Waals surface area contributed by atoms with Crippen LogP contribution in [0.25, 0.3) is 0 Å². The molecular formula is C19H23NO6. The van der Waals surface area contributed by atoms with Crippen LogP contribution in [0, 0.1) is 0 Å². The second-order valence-electron chi connectivity index (χ2n) is 7.53. The lowest BCUT2D eigenvalue weighted by atomic mass is 10.1. The lowest BCUT2D eigenvalue weighted by molar-refractivity contribution is -0.161. The minimum absolute atomic E-state index is 0.0599. The summed E-state index contributed by atoms with van der Waals surface area (Å²) in [6, 6.07) is 7.94. The molecule has 1 aromatic rings. The van der Waals surface area contributed by atoms with Crippen LogP contribution in [0.4, 0.5) is 4.79 Å². The zero-order chi connectivity index (χ0) is 18.9. The first-order chi connectivity index (χ1) is 12.2. The van der Waals surface area contributed by atoms with Crippen molar-refractivity contribution in [3.63, 3.8) is 0 Å². The van der Waals surface area contributed by atoms with Crippen LogP contribution >= 0.6 is 0 Å². The maximum absolute atomic E-state index is 12.7. The normalized spacial score (nSPS) is 24.8. The number of benzene rings is 1. The van der Waals surface area contributed by atoms with Crippen molar-refractivity contribution in [2.75, 3.05) is 0 Å². The third kappa shape index (κ3) is 3.98. The first kappa shape index (κ1) is 18.2. The van der Waals surface area contributed by atoms with Gasteiger partial charge in [0, 0.05) is 6.42 Å². The van der Waals surface area contributed by atoms with Crippen LogP contribution < -0.4 is 0 Å². The Labute approximate surface area is 152 Å². The van der Waals surface area contributed by atoms with E-state index >= 15 is 0 Å². The fourth-order valence-corrected chi connectivity index (χ4v) is 3.28. The highest BCUT2D eigenvalue weighted by Gasteiger charge is 2.54. The van der Waals surface area contributed by atoms with Crippen molar-refractivity contribution in [1.29, 1.82) is 0 Å². The lowest BCUT2D eigenvalue weighted by Crippen LogP contribution is -2.47. The molecule has 0 saturated carbocycles. The molecular weight excluding hydrogens is 338 g/mol. The van der Waals surface area contributed by atoms with Gasteiger partial charge in [0.05, 0.1) is 12.5 Å². The summed E-state index contributed by atoms with van der Waals surface area (Å²) in [6.45, 7) is 5.37. The third-order valence-corrected chi connectivity index (χ3v) is 4.33. The number of carbonyl (C=O) groups excluding carboxylic acids is 3. The van der Waals surface area contributed by atoms with Gasteiger partial charge in [0.25, 0.3) is 0 Å². The van der Waals surface area contributed by atoms with E-state index in [-0.39, 0.29) is 25.4 Å². The summed E-state index contributed by atoms with van der Waals surface area (Å²) in [5.74, 6) is -0.886. The second-order valence-corrected chi connectivity index (χ2v) is 7.53. The van der Waals surface area contributed by atoms with Gasteiger partial charge >= 0.3 is 18.0 Å². The van der Waals surface area contributed by atoms with Crippen molar-refractivity contribution in [2.45, 2.75) is 64.0 Å². The topological polar surface area (TPSA) is 82.1 Å². The number of amides is 1. The zero-order valence-electron chi connectivity index (χ0n) is 15.1. The van der Waals surface area contributed by atoms with Gasteiger partial charge in [0.1, 0.15) is 24.4 Å². The standard InChI is InChI=1S/C19H23NO6/c1-19(2,3)26-17(22)14-9-15-13(10-16(21)25-15)20(14)18(23)24-11-12-7-5-4-6-8-12/h4-8,13-15H,9-11H2,1-3H3/t13-,14+,15-/m1/s1. The number of hydrogen-bond donors (Lipinski definition) is 0. The Morgan fingerprint density at radius 3 is 2.58 bits per heavy atom. The molecule has 140 valence electrons. The van der Waals surface area contributed by atoms with Gasteiger partial charge in [-0.15, -0.1) is 0 Å². The van der Waals surface area contributed by atoms with Crippen LogP contribution in [-0.2, 0) is 30.4 Å². The minimum atomic E-state index is -0.819. The fourth-order valence-electron chi connectivity index (χ4n) is 3.28. The maximum atomic E-state index is 12.7. The van der Waals surface area contributed by atoms with Gasteiger partial charge in [-0.25, -0.2) is 9.59 Å². The average Bonchev–Trinajstić information content (AvgIpc) is 3.08. The Hall–Kier alpha value is -2.57. The predicted octanol–water partition coefficient (Wildman–Crippen LogP) is 2.42. The van der Waals surface area contributed by atoms with E-state index < -0.39 is 35.9 Å². The summed E-state index contributed by atoms with van der Waals surface area (Å²) in [5, 5.41) is 0. The van der Waals surface area contributed by atoms with E-state index in [1.165, 1.54) is 4.90 Å². The summed E-state index contributed by atoms with van der Waals surface area (Å²) in [5.41, 5.74) is 0.162. The Balaban J connectivity index is 1.73. The molecule has 3 rings (SSSR count). The van der Waals surface area contributed by atoms with Crippen molar-refractivity contribution < 1.29 is 28.6 Å². The maximum Gasteiger partial charge on any atom is 0.411 e. The molecule has 2 heterocycles. The number of esters is 2. The van der Waals surface area contributed by atoms with Gasteiger partial charge in [-0.1, -0.05) is 30.3 Å². The quantitative estimate of drug-likeness (QED) is 0.607.